The van der Waals surface area contributed by atoms with Crippen LogP contribution in [0.15, 0.2) is 48.6 Å². The monoisotopic (exact) mass is 508 g/mol. The molecule has 1 atom stereocenters. The van der Waals surface area contributed by atoms with E-state index >= 15 is 0 Å². The largest absolute Gasteiger partial charge is 0.409 e. The number of hydrogen-bond donors (Lipinski definition) is 1. The lowest BCUT2D eigenvalue weighted by Crippen LogP contribution is -2.55. The summed E-state index contributed by atoms with van der Waals surface area (Å²) in [5.41, 5.74) is 4.55. The molecule has 0 spiro atoms. The maximum Gasteiger partial charge on any atom is 0.409 e. The molecule has 10 heteroatoms. The van der Waals surface area contributed by atoms with Crippen molar-refractivity contribution >= 4 is 28.2 Å². The highest BCUT2D eigenvalue weighted by Gasteiger charge is 2.34. The molecule has 1 N–H and O–H groups in total. The molecule has 3 heterocycles. The Morgan fingerprint density at radius 2 is 1.97 bits per heavy atom. The first-order valence-corrected chi connectivity index (χ1v) is 12.2. The zero-order chi connectivity index (χ0) is 26.2. The number of carbonyl (C=O) groups is 1. The van der Waals surface area contributed by atoms with Crippen molar-refractivity contribution in [2.45, 2.75) is 38.5 Å². The molecule has 1 aromatic heterocycles. The van der Waals surface area contributed by atoms with Gasteiger partial charge in [-0.25, -0.2) is 0 Å². The number of benzene rings is 2. The minimum absolute atomic E-state index is 0.0307. The Balaban J connectivity index is 1.34. The van der Waals surface area contributed by atoms with Crippen molar-refractivity contribution in [3.05, 3.63) is 65.4 Å². The van der Waals surface area contributed by atoms with Gasteiger partial charge in [0.05, 0.1) is 30.8 Å². The summed E-state index contributed by atoms with van der Waals surface area (Å²) in [6, 6.07) is 14.2. The number of aromatic nitrogens is 2. The van der Waals surface area contributed by atoms with Crippen molar-refractivity contribution in [3.63, 3.8) is 0 Å². The number of rotatable bonds is 4. The summed E-state index contributed by atoms with van der Waals surface area (Å²) >= 11 is 0. The van der Waals surface area contributed by atoms with E-state index in [1.54, 1.807) is 0 Å². The molecule has 0 saturated carbocycles. The highest BCUT2D eigenvalue weighted by molar-refractivity contribution is 5.97. The Bertz CT molecular complexity index is 1380. The van der Waals surface area contributed by atoms with Gasteiger partial charge in [0.25, 0.3) is 0 Å². The van der Waals surface area contributed by atoms with E-state index in [1.807, 2.05) is 4.90 Å². The van der Waals surface area contributed by atoms with Crippen LogP contribution in [0, 0.1) is 18.3 Å². The lowest BCUT2D eigenvalue weighted by molar-refractivity contribution is -0.129. The third kappa shape index (κ3) is 4.99. The summed E-state index contributed by atoms with van der Waals surface area (Å²) in [5, 5.41) is 19.5. The van der Waals surface area contributed by atoms with Crippen LogP contribution in [0.1, 0.15) is 23.2 Å². The Morgan fingerprint density at radius 3 is 2.73 bits per heavy atom. The van der Waals surface area contributed by atoms with Gasteiger partial charge in [-0.2, -0.15) is 23.5 Å². The average Bonchev–Trinajstić information content (AvgIpc) is 3.30. The molecule has 2 aliphatic rings. The summed E-state index contributed by atoms with van der Waals surface area (Å²) in [4.78, 5) is 18.2. The Hall–Kier alpha value is -4.00. The topological polar surface area (TPSA) is 79.3 Å². The van der Waals surface area contributed by atoms with E-state index in [-0.39, 0.29) is 19.0 Å². The maximum absolute atomic E-state index is 12.5. The number of nitrogens with one attached hydrogen (secondary N) is 1. The molecule has 0 radical (unpaired) electrons. The molecule has 1 fully saturated rings. The number of fused-ring (bicyclic) bond motifs is 2. The SMILES string of the molecule is Cc1cccc2cccc(N3CCc4c(N5CCN(C(=O)/C=C/C(F)(F)F)[C@@H](CC#N)C5)n[nH]c4C3)c12. The molecular formula is C27H27F3N6O. The van der Waals surface area contributed by atoms with Gasteiger partial charge in [0.15, 0.2) is 5.82 Å². The molecule has 3 aromatic rings. The van der Waals surface area contributed by atoms with Crippen LogP contribution in [0.25, 0.3) is 10.8 Å². The third-order valence-electron chi connectivity index (χ3n) is 7.15. The molecule has 0 aliphatic carbocycles. The summed E-state index contributed by atoms with van der Waals surface area (Å²) in [6.07, 6.45) is -3.27. The van der Waals surface area contributed by atoms with Gasteiger partial charge in [0.1, 0.15) is 0 Å². The minimum Gasteiger partial charge on any atom is -0.365 e. The van der Waals surface area contributed by atoms with Gasteiger partial charge in [-0.05, 0) is 30.4 Å². The molecule has 0 unspecified atom stereocenters. The Kier molecular flexibility index (Phi) is 6.54. The number of hydrogen-bond acceptors (Lipinski definition) is 5. The zero-order valence-corrected chi connectivity index (χ0v) is 20.4. The number of halogens is 3. The molecular weight excluding hydrogens is 481 g/mol. The fraction of sp³-hybridized carbons (Fsp3) is 0.370. The number of anilines is 2. The average molecular weight is 509 g/mol. The predicted octanol–water partition coefficient (Wildman–Crippen LogP) is 4.48. The highest BCUT2D eigenvalue weighted by Crippen LogP contribution is 2.35. The molecule has 192 valence electrons. The summed E-state index contributed by atoms with van der Waals surface area (Å²) in [6.45, 7) is 4.60. The van der Waals surface area contributed by atoms with Gasteiger partial charge in [-0.15, -0.1) is 0 Å². The van der Waals surface area contributed by atoms with Crippen molar-refractivity contribution in [2.75, 3.05) is 36.0 Å². The zero-order valence-electron chi connectivity index (χ0n) is 20.4. The Morgan fingerprint density at radius 1 is 1.19 bits per heavy atom. The number of aryl methyl sites for hydroxylation is 1. The lowest BCUT2D eigenvalue weighted by atomic mass is 10.00. The molecule has 7 nitrogen and oxygen atoms in total. The molecule has 0 bridgehead atoms. The molecule has 37 heavy (non-hydrogen) atoms. The molecule has 2 aliphatic heterocycles. The number of alkyl halides is 3. The number of aromatic amines is 1. The van der Waals surface area contributed by atoms with Crippen LogP contribution in [-0.2, 0) is 17.8 Å². The first-order valence-electron chi connectivity index (χ1n) is 12.2. The number of nitrogens with zero attached hydrogens (tertiary/aromatic N) is 5. The van der Waals surface area contributed by atoms with E-state index in [1.165, 1.54) is 26.9 Å². The molecule has 1 amide bonds. The summed E-state index contributed by atoms with van der Waals surface area (Å²) in [5.74, 6) is 0.0620. The first-order chi connectivity index (χ1) is 17.7. The van der Waals surface area contributed by atoms with Gasteiger partial charge in [-0.3, -0.25) is 9.89 Å². The summed E-state index contributed by atoms with van der Waals surface area (Å²) in [7, 11) is 0. The molecule has 5 rings (SSSR count). The minimum atomic E-state index is -4.56. The normalized spacial score (nSPS) is 18.4. The van der Waals surface area contributed by atoms with Crippen LogP contribution in [-0.4, -0.2) is 59.4 Å². The van der Waals surface area contributed by atoms with Crippen LogP contribution in [0.4, 0.5) is 24.7 Å². The van der Waals surface area contributed by atoms with Gasteiger partial charge < -0.3 is 14.7 Å². The standard InChI is InChI=1S/C27H27F3N6O/c1-18-4-2-5-19-6-3-7-23(25(18)19)34-13-10-21-22(17-34)32-33-26(21)35-14-15-36(20(16-35)9-12-31)24(37)8-11-27(28,29)30/h2-8,11,20H,9-10,13-17H2,1H3,(H,32,33)/b11-8+/t20-/m0/s1. The number of piperazine rings is 1. The van der Waals surface area contributed by atoms with Crippen LogP contribution in [0.5, 0.6) is 0 Å². The van der Waals surface area contributed by atoms with Crippen molar-refractivity contribution < 1.29 is 18.0 Å². The van der Waals surface area contributed by atoms with Crippen LogP contribution in [0.2, 0.25) is 0 Å². The molecule has 2 aromatic carbocycles. The fourth-order valence-electron chi connectivity index (χ4n) is 5.42. The molecule has 1 saturated heterocycles. The second kappa shape index (κ2) is 9.81. The number of allylic oxidation sites excluding steroid dienone is 1. The van der Waals surface area contributed by atoms with Gasteiger partial charge >= 0.3 is 6.18 Å². The Labute approximate surface area is 212 Å². The third-order valence-corrected chi connectivity index (χ3v) is 7.15. The van der Waals surface area contributed by atoms with Gasteiger partial charge in [0.2, 0.25) is 5.91 Å². The van der Waals surface area contributed by atoms with Crippen molar-refractivity contribution in [3.8, 4) is 6.07 Å². The van der Waals surface area contributed by atoms with Crippen molar-refractivity contribution in [1.82, 2.24) is 15.1 Å². The van der Waals surface area contributed by atoms with E-state index in [0.717, 1.165) is 30.0 Å². The van der Waals surface area contributed by atoms with Crippen LogP contribution in [0.3, 0.4) is 0 Å². The number of H-pyrrole nitrogens is 1. The van der Waals surface area contributed by atoms with Crippen molar-refractivity contribution in [2.24, 2.45) is 0 Å². The van der Waals surface area contributed by atoms with Gasteiger partial charge in [-0.1, -0.05) is 30.3 Å². The summed E-state index contributed by atoms with van der Waals surface area (Å²) < 4.78 is 37.6. The van der Waals surface area contributed by atoms with Gasteiger partial charge in [0, 0.05) is 55.0 Å². The second-order valence-electron chi connectivity index (χ2n) is 9.49. The van der Waals surface area contributed by atoms with Crippen LogP contribution >= 0.6 is 0 Å². The van der Waals surface area contributed by atoms with E-state index < -0.39 is 18.1 Å². The number of amides is 1. The number of carbonyl (C=O) groups excluding carboxylic acids is 1. The van der Waals surface area contributed by atoms with E-state index in [2.05, 4.69) is 64.5 Å². The fourth-order valence-corrected chi connectivity index (χ4v) is 5.42. The first kappa shape index (κ1) is 24.7. The lowest BCUT2D eigenvalue weighted by Gasteiger charge is -2.41. The second-order valence-corrected chi connectivity index (χ2v) is 9.49. The predicted molar refractivity (Wildman–Crippen MR) is 135 cm³/mol. The quantitative estimate of drug-likeness (QED) is 0.526. The number of nitriles is 1. The van der Waals surface area contributed by atoms with Crippen molar-refractivity contribution in [1.29, 1.82) is 5.26 Å². The van der Waals surface area contributed by atoms with Crippen LogP contribution < -0.4 is 9.80 Å². The van der Waals surface area contributed by atoms with E-state index in [4.69, 9.17) is 0 Å². The smallest absolute Gasteiger partial charge is 0.365 e. The maximum atomic E-state index is 12.5. The highest BCUT2D eigenvalue weighted by atomic mass is 19.4. The van der Waals surface area contributed by atoms with E-state index in [9.17, 15) is 23.2 Å². The van der Waals surface area contributed by atoms with E-state index in [0.29, 0.717) is 25.7 Å².